The van der Waals surface area contributed by atoms with Gasteiger partial charge in [0.25, 0.3) is 0 Å². The zero-order chi connectivity index (χ0) is 13.1. The zero-order valence-electron chi connectivity index (χ0n) is 9.92. The summed E-state index contributed by atoms with van der Waals surface area (Å²) in [4.78, 5) is 11.4. The van der Waals surface area contributed by atoms with Crippen molar-refractivity contribution in [2.24, 2.45) is 5.92 Å². The number of carbonyl (C=O) groups excluding carboxylic acids is 1. The number of carbonyl (C=O) groups is 1. The summed E-state index contributed by atoms with van der Waals surface area (Å²) in [6.45, 7) is 1.82. The third-order valence-corrected chi connectivity index (χ3v) is 4.96. The van der Waals surface area contributed by atoms with Crippen molar-refractivity contribution in [3.05, 3.63) is 0 Å². The quantitative estimate of drug-likeness (QED) is 0.672. The second-order valence-electron chi connectivity index (χ2n) is 4.04. The average molecular weight is 260 g/mol. The van der Waals surface area contributed by atoms with E-state index in [-0.39, 0.29) is 6.54 Å². The van der Waals surface area contributed by atoms with Gasteiger partial charge in [-0.15, -0.1) is 0 Å². The Kier molecular flexibility index (Phi) is 4.48. The van der Waals surface area contributed by atoms with Crippen molar-refractivity contribution in [2.75, 3.05) is 20.2 Å². The zero-order valence-corrected chi connectivity index (χ0v) is 10.7. The Labute approximate surface area is 101 Å². The smallest absolute Gasteiger partial charge is 0.309 e. The standard InChI is InChI=1S/C10H16N2O4S/c1-8(6-11)17(14,15)12-5-3-4-9(7-12)10(13)16-2/h8-9H,3-5,7H2,1-2H3/t8?,9-/m0/s1. The molecular formula is C10H16N2O4S. The number of rotatable bonds is 3. The molecule has 1 aliphatic rings. The highest BCUT2D eigenvalue weighted by Crippen LogP contribution is 2.22. The maximum absolute atomic E-state index is 11.9. The molecular weight excluding hydrogens is 244 g/mol. The van der Waals surface area contributed by atoms with Crippen LogP contribution in [0.1, 0.15) is 19.8 Å². The van der Waals surface area contributed by atoms with Crippen LogP contribution in [-0.4, -0.2) is 44.1 Å². The average Bonchev–Trinajstić information content (AvgIpc) is 2.36. The fourth-order valence-corrected chi connectivity index (χ4v) is 3.17. The fourth-order valence-electron chi connectivity index (χ4n) is 1.82. The summed E-state index contributed by atoms with van der Waals surface area (Å²) in [5.41, 5.74) is 0. The van der Waals surface area contributed by atoms with E-state index < -0.39 is 27.2 Å². The van der Waals surface area contributed by atoms with Gasteiger partial charge in [-0.1, -0.05) is 0 Å². The molecule has 0 spiro atoms. The SMILES string of the molecule is COC(=O)[C@H]1CCCN(S(=O)(=O)C(C)C#N)C1. The van der Waals surface area contributed by atoms with Gasteiger partial charge in [-0.2, -0.15) is 9.57 Å². The highest BCUT2D eigenvalue weighted by molar-refractivity contribution is 7.89. The molecule has 0 radical (unpaired) electrons. The van der Waals surface area contributed by atoms with Gasteiger partial charge in [0.15, 0.2) is 5.25 Å². The molecule has 1 rings (SSSR count). The third-order valence-electron chi connectivity index (χ3n) is 2.91. The summed E-state index contributed by atoms with van der Waals surface area (Å²) in [7, 11) is -2.34. The van der Waals surface area contributed by atoms with Crippen molar-refractivity contribution in [2.45, 2.75) is 25.0 Å². The molecule has 1 heterocycles. The summed E-state index contributed by atoms with van der Waals surface area (Å²) >= 11 is 0. The molecule has 1 saturated heterocycles. The van der Waals surface area contributed by atoms with E-state index in [1.165, 1.54) is 18.3 Å². The van der Waals surface area contributed by atoms with Crippen LogP contribution in [0.2, 0.25) is 0 Å². The van der Waals surface area contributed by atoms with Crippen LogP contribution in [0.4, 0.5) is 0 Å². The molecule has 1 unspecified atom stereocenters. The van der Waals surface area contributed by atoms with Crippen molar-refractivity contribution < 1.29 is 17.9 Å². The molecule has 17 heavy (non-hydrogen) atoms. The van der Waals surface area contributed by atoms with Gasteiger partial charge in [-0.25, -0.2) is 8.42 Å². The minimum atomic E-state index is -3.62. The first kappa shape index (κ1) is 13.9. The first-order valence-electron chi connectivity index (χ1n) is 5.40. The van der Waals surface area contributed by atoms with Gasteiger partial charge in [0, 0.05) is 13.1 Å². The molecule has 0 bridgehead atoms. The Morgan fingerprint density at radius 3 is 2.76 bits per heavy atom. The predicted octanol–water partition coefficient (Wildman–Crippen LogP) is 0.113. The van der Waals surface area contributed by atoms with Crippen LogP contribution < -0.4 is 0 Å². The second-order valence-corrected chi connectivity index (χ2v) is 6.29. The largest absolute Gasteiger partial charge is 0.469 e. The van der Waals surface area contributed by atoms with E-state index >= 15 is 0 Å². The number of piperidine rings is 1. The minimum Gasteiger partial charge on any atom is -0.469 e. The van der Waals surface area contributed by atoms with Gasteiger partial charge in [-0.3, -0.25) is 4.79 Å². The van der Waals surface area contributed by atoms with Crippen molar-refractivity contribution in [3.8, 4) is 6.07 Å². The van der Waals surface area contributed by atoms with Crippen molar-refractivity contribution in [1.29, 1.82) is 5.26 Å². The third kappa shape index (κ3) is 2.96. The lowest BCUT2D eigenvalue weighted by Crippen LogP contribution is -2.45. The predicted molar refractivity (Wildman–Crippen MR) is 60.3 cm³/mol. The Morgan fingerprint density at radius 1 is 1.59 bits per heavy atom. The summed E-state index contributed by atoms with van der Waals surface area (Å²) < 4.78 is 29.7. The van der Waals surface area contributed by atoms with Crippen molar-refractivity contribution in [1.82, 2.24) is 4.31 Å². The molecule has 96 valence electrons. The molecule has 1 fully saturated rings. The van der Waals surface area contributed by atoms with Crippen LogP contribution in [0.3, 0.4) is 0 Å². The van der Waals surface area contributed by atoms with Gasteiger partial charge in [0.2, 0.25) is 10.0 Å². The van der Waals surface area contributed by atoms with Crippen LogP contribution in [0.25, 0.3) is 0 Å². The molecule has 0 saturated carbocycles. The summed E-state index contributed by atoms with van der Waals surface area (Å²) in [5, 5.41) is 7.59. The first-order valence-corrected chi connectivity index (χ1v) is 6.90. The van der Waals surface area contributed by atoms with Crippen LogP contribution in [0.15, 0.2) is 0 Å². The molecule has 0 aromatic carbocycles. The number of nitrogens with zero attached hydrogens (tertiary/aromatic N) is 2. The van der Waals surface area contributed by atoms with Gasteiger partial charge < -0.3 is 4.74 Å². The highest BCUT2D eigenvalue weighted by Gasteiger charge is 2.35. The molecule has 0 aromatic rings. The number of sulfonamides is 1. The number of hydrogen-bond donors (Lipinski definition) is 0. The van der Waals surface area contributed by atoms with Crippen molar-refractivity contribution in [3.63, 3.8) is 0 Å². The Bertz CT molecular complexity index is 426. The van der Waals surface area contributed by atoms with E-state index in [0.717, 1.165) is 0 Å². The molecule has 0 aliphatic carbocycles. The lowest BCUT2D eigenvalue weighted by atomic mass is 10.0. The van der Waals surface area contributed by atoms with Gasteiger partial charge >= 0.3 is 5.97 Å². The summed E-state index contributed by atoms with van der Waals surface area (Å²) in [6.07, 6.45) is 1.23. The normalized spacial score (nSPS) is 23.7. The van der Waals surface area contributed by atoms with Crippen LogP contribution in [0, 0.1) is 17.2 Å². The molecule has 1 aliphatic heterocycles. The van der Waals surface area contributed by atoms with Crippen LogP contribution >= 0.6 is 0 Å². The van der Waals surface area contributed by atoms with E-state index in [0.29, 0.717) is 19.4 Å². The van der Waals surface area contributed by atoms with Crippen LogP contribution in [-0.2, 0) is 19.6 Å². The van der Waals surface area contributed by atoms with E-state index in [1.54, 1.807) is 6.07 Å². The van der Waals surface area contributed by atoms with Crippen LogP contribution in [0.5, 0.6) is 0 Å². The number of ether oxygens (including phenoxy) is 1. The second kappa shape index (κ2) is 5.47. The fraction of sp³-hybridized carbons (Fsp3) is 0.800. The lowest BCUT2D eigenvalue weighted by Gasteiger charge is -2.31. The maximum atomic E-state index is 11.9. The molecule has 0 N–H and O–H groups in total. The van der Waals surface area contributed by atoms with E-state index in [1.807, 2.05) is 0 Å². The Hall–Kier alpha value is -1.13. The molecule has 0 aromatic heterocycles. The van der Waals surface area contributed by atoms with Crippen molar-refractivity contribution >= 4 is 16.0 Å². The number of methoxy groups -OCH3 is 1. The number of nitriles is 1. The topological polar surface area (TPSA) is 87.5 Å². The first-order chi connectivity index (χ1) is 7.93. The van der Waals surface area contributed by atoms with Gasteiger partial charge in [0.1, 0.15) is 0 Å². The molecule has 6 nitrogen and oxygen atoms in total. The lowest BCUT2D eigenvalue weighted by molar-refractivity contribution is -0.146. The highest BCUT2D eigenvalue weighted by atomic mass is 32.2. The molecule has 7 heteroatoms. The minimum absolute atomic E-state index is 0.112. The molecule has 0 amide bonds. The van der Waals surface area contributed by atoms with E-state index in [9.17, 15) is 13.2 Å². The van der Waals surface area contributed by atoms with E-state index in [2.05, 4.69) is 4.74 Å². The Morgan fingerprint density at radius 2 is 2.24 bits per heavy atom. The Balaban J connectivity index is 2.81. The monoisotopic (exact) mass is 260 g/mol. The number of esters is 1. The van der Waals surface area contributed by atoms with Gasteiger partial charge in [0.05, 0.1) is 19.1 Å². The number of hydrogen-bond acceptors (Lipinski definition) is 5. The summed E-state index contributed by atoms with van der Waals surface area (Å²) in [5.74, 6) is -0.816. The maximum Gasteiger partial charge on any atom is 0.309 e. The molecule has 2 atom stereocenters. The van der Waals surface area contributed by atoms with E-state index in [4.69, 9.17) is 5.26 Å². The summed E-state index contributed by atoms with van der Waals surface area (Å²) in [6, 6.07) is 1.71. The van der Waals surface area contributed by atoms with Gasteiger partial charge in [-0.05, 0) is 19.8 Å².